The molecule has 2 rings (SSSR count). The Kier molecular flexibility index (Phi) is 3.61. The van der Waals surface area contributed by atoms with Crippen molar-refractivity contribution >= 4 is 0 Å². The summed E-state index contributed by atoms with van der Waals surface area (Å²) in [6.45, 7) is 2.04. The van der Waals surface area contributed by atoms with Crippen molar-refractivity contribution in [3.05, 3.63) is 18.0 Å². The lowest BCUT2D eigenvalue weighted by molar-refractivity contribution is 0.350. The molecule has 1 heterocycles. The zero-order chi connectivity index (χ0) is 11.4. The molecule has 1 aliphatic rings. The third-order valence-corrected chi connectivity index (χ3v) is 3.51. The molecule has 0 saturated heterocycles. The van der Waals surface area contributed by atoms with Gasteiger partial charge in [0.2, 0.25) is 0 Å². The summed E-state index contributed by atoms with van der Waals surface area (Å²) in [5, 5.41) is 13.2. The third-order valence-electron chi connectivity index (χ3n) is 3.51. The molecule has 0 spiro atoms. The van der Waals surface area contributed by atoms with Crippen LogP contribution in [0, 0.1) is 24.2 Å². The Morgan fingerprint density at radius 3 is 2.88 bits per heavy atom. The third kappa shape index (κ3) is 2.63. The molecule has 0 radical (unpaired) electrons. The van der Waals surface area contributed by atoms with E-state index >= 15 is 0 Å². The fourth-order valence-electron chi connectivity index (χ4n) is 2.65. The highest BCUT2D eigenvalue weighted by atomic mass is 15.3. The number of rotatable bonds is 4. The largest absolute Gasteiger partial charge is 0.268 e. The Morgan fingerprint density at radius 2 is 2.31 bits per heavy atom. The van der Waals surface area contributed by atoms with E-state index in [1.807, 2.05) is 17.8 Å². The van der Waals surface area contributed by atoms with Crippen LogP contribution in [0.4, 0.5) is 0 Å². The van der Waals surface area contributed by atoms with Gasteiger partial charge >= 0.3 is 0 Å². The van der Waals surface area contributed by atoms with Crippen molar-refractivity contribution < 1.29 is 0 Å². The highest BCUT2D eigenvalue weighted by Crippen LogP contribution is 2.32. The zero-order valence-corrected chi connectivity index (χ0v) is 9.89. The van der Waals surface area contributed by atoms with E-state index < -0.39 is 0 Å². The fraction of sp³-hybridized carbons (Fsp3) is 0.692. The molecule has 0 amide bonds. The van der Waals surface area contributed by atoms with Gasteiger partial charge in [0.15, 0.2) is 0 Å². The lowest BCUT2D eigenvalue weighted by atomic mass is 9.97. The number of nitriles is 1. The summed E-state index contributed by atoms with van der Waals surface area (Å²) in [4.78, 5) is 0. The van der Waals surface area contributed by atoms with Crippen molar-refractivity contribution in [1.29, 1.82) is 5.26 Å². The van der Waals surface area contributed by atoms with Crippen molar-refractivity contribution in [2.45, 2.75) is 51.5 Å². The molecule has 3 heteroatoms. The van der Waals surface area contributed by atoms with Gasteiger partial charge in [0, 0.05) is 6.20 Å². The first-order chi connectivity index (χ1) is 7.79. The Balaban J connectivity index is 2.02. The first-order valence-corrected chi connectivity index (χ1v) is 6.17. The number of aryl methyl sites for hydroxylation is 1. The molecule has 1 atom stereocenters. The normalized spacial score (nSPS) is 18.5. The van der Waals surface area contributed by atoms with E-state index in [0.717, 1.165) is 12.3 Å². The van der Waals surface area contributed by atoms with Crippen LogP contribution in [0.1, 0.15) is 50.1 Å². The summed E-state index contributed by atoms with van der Waals surface area (Å²) >= 11 is 0. The first kappa shape index (κ1) is 11.2. The Labute approximate surface area is 97.1 Å². The SMILES string of the molecule is Cc1cnn([C@H](CC#N)CC2CCCC2)c1. The van der Waals surface area contributed by atoms with E-state index in [9.17, 15) is 0 Å². The number of nitrogens with zero attached hydrogens (tertiary/aromatic N) is 3. The van der Waals surface area contributed by atoms with E-state index in [1.165, 1.54) is 31.2 Å². The van der Waals surface area contributed by atoms with Crippen LogP contribution in [0.15, 0.2) is 12.4 Å². The van der Waals surface area contributed by atoms with Crippen LogP contribution in [-0.4, -0.2) is 9.78 Å². The summed E-state index contributed by atoms with van der Waals surface area (Å²) in [6, 6.07) is 2.57. The second kappa shape index (κ2) is 5.16. The maximum Gasteiger partial charge on any atom is 0.0651 e. The van der Waals surface area contributed by atoms with Crippen molar-refractivity contribution in [3.8, 4) is 6.07 Å². The lowest BCUT2D eigenvalue weighted by Gasteiger charge is -2.18. The van der Waals surface area contributed by atoms with Gasteiger partial charge in [-0.15, -0.1) is 0 Å². The highest BCUT2D eigenvalue weighted by Gasteiger charge is 2.21. The van der Waals surface area contributed by atoms with Crippen LogP contribution in [0.3, 0.4) is 0 Å². The van der Waals surface area contributed by atoms with Crippen molar-refractivity contribution in [2.24, 2.45) is 5.92 Å². The summed E-state index contributed by atoms with van der Waals surface area (Å²) in [6.07, 6.45) is 11.0. The van der Waals surface area contributed by atoms with Gasteiger partial charge in [-0.05, 0) is 24.8 Å². The van der Waals surface area contributed by atoms with Crippen molar-refractivity contribution in [2.75, 3.05) is 0 Å². The Hall–Kier alpha value is -1.30. The fourth-order valence-corrected chi connectivity index (χ4v) is 2.65. The summed E-state index contributed by atoms with van der Waals surface area (Å²) in [7, 11) is 0. The van der Waals surface area contributed by atoms with Gasteiger partial charge < -0.3 is 0 Å². The van der Waals surface area contributed by atoms with Gasteiger partial charge in [-0.2, -0.15) is 10.4 Å². The Bertz CT molecular complexity index is 369. The van der Waals surface area contributed by atoms with Crippen LogP contribution >= 0.6 is 0 Å². The molecule has 1 aromatic heterocycles. The van der Waals surface area contributed by atoms with Crippen LogP contribution < -0.4 is 0 Å². The van der Waals surface area contributed by atoms with Crippen LogP contribution in [0.25, 0.3) is 0 Å². The molecule has 0 aliphatic heterocycles. The van der Waals surface area contributed by atoms with E-state index in [1.54, 1.807) is 0 Å². The lowest BCUT2D eigenvalue weighted by Crippen LogP contribution is -2.13. The second-order valence-corrected chi connectivity index (χ2v) is 4.90. The number of hydrogen-bond acceptors (Lipinski definition) is 2. The molecular weight excluding hydrogens is 198 g/mol. The summed E-state index contributed by atoms with van der Waals surface area (Å²) in [5.74, 6) is 0.808. The second-order valence-electron chi connectivity index (χ2n) is 4.90. The highest BCUT2D eigenvalue weighted by molar-refractivity contribution is 5.01. The minimum atomic E-state index is 0.279. The Morgan fingerprint density at radius 1 is 1.56 bits per heavy atom. The maximum atomic E-state index is 8.89. The summed E-state index contributed by atoms with van der Waals surface area (Å²) < 4.78 is 1.98. The van der Waals surface area contributed by atoms with Gasteiger partial charge in [-0.3, -0.25) is 4.68 Å². The molecule has 0 bridgehead atoms. The molecule has 1 saturated carbocycles. The molecule has 1 fully saturated rings. The maximum absolute atomic E-state index is 8.89. The van der Waals surface area contributed by atoms with Gasteiger partial charge in [-0.25, -0.2) is 0 Å². The monoisotopic (exact) mass is 217 g/mol. The van der Waals surface area contributed by atoms with E-state index in [4.69, 9.17) is 5.26 Å². The van der Waals surface area contributed by atoms with E-state index in [-0.39, 0.29) is 6.04 Å². The molecule has 1 aliphatic carbocycles. The summed E-state index contributed by atoms with van der Waals surface area (Å²) in [5.41, 5.74) is 1.18. The van der Waals surface area contributed by atoms with Crippen molar-refractivity contribution in [1.82, 2.24) is 9.78 Å². The predicted octanol–water partition coefficient (Wildman–Crippen LogP) is 3.23. The number of hydrogen-bond donors (Lipinski definition) is 0. The topological polar surface area (TPSA) is 41.6 Å². The first-order valence-electron chi connectivity index (χ1n) is 6.17. The minimum Gasteiger partial charge on any atom is -0.268 e. The smallest absolute Gasteiger partial charge is 0.0651 e. The zero-order valence-electron chi connectivity index (χ0n) is 9.89. The minimum absolute atomic E-state index is 0.279. The molecule has 86 valence electrons. The quantitative estimate of drug-likeness (QED) is 0.777. The molecular formula is C13H19N3. The van der Waals surface area contributed by atoms with Crippen LogP contribution in [-0.2, 0) is 0 Å². The standard InChI is InChI=1S/C13H19N3/c1-11-9-15-16(10-11)13(6-7-14)8-12-4-2-3-5-12/h9-10,12-13H,2-6,8H2,1H3/t13-/m1/s1. The predicted molar refractivity (Wildman–Crippen MR) is 62.8 cm³/mol. The molecule has 0 N–H and O–H groups in total. The van der Waals surface area contributed by atoms with Crippen LogP contribution in [0.2, 0.25) is 0 Å². The van der Waals surface area contributed by atoms with Gasteiger partial charge in [-0.1, -0.05) is 25.7 Å². The average molecular weight is 217 g/mol. The molecule has 1 aromatic rings. The van der Waals surface area contributed by atoms with Crippen molar-refractivity contribution in [3.63, 3.8) is 0 Å². The molecule has 16 heavy (non-hydrogen) atoms. The molecule has 3 nitrogen and oxygen atoms in total. The van der Waals surface area contributed by atoms with Gasteiger partial charge in [0.1, 0.15) is 0 Å². The van der Waals surface area contributed by atoms with Crippen LogP contribution in [0.5, 0.6) is 0 Å². The number of aromatic nitrogens is 2. The van der Waals surface area contributed by atoms with E-state index in [0.29, 0.717) is 6.42 Å². The van der Waals surface area contributed by atoms with Gasteiger partial charge in [0.05, 0.1) is 24.7 Å². The molecule has 0 unspecified atom stereocenters. The van der Waals surface area contributed by atoms with E-state index in [2.05, 4.69) is 17.4 Å². The molecule has 0 aromatic carbocycles. The van der Waals surface area contributed by atoms with Gasteiger partial charge in [0.25, 0.3) is 0 Å². The average Bonchev–Trinajstić information content (AvgIpc) is 2.88.